The number of nitrogens with one attached hydrogen (secondary N) is 1. The van der Waals surface area contributed by atoms with Crippen LogP contribution in [0.4, 0.5) is 14.5 Å². The van der Waals surface area contributed by atoms with Crippen LogP contribution in [-0.4, -0.2) is 36.3 Å². The number of rotatable bonds is 4. The van der Waals surface area contributed by atoms with Crippen LogP contribution in [0.2, 0.25) is 0 Å². The number of anilines is 1. The number of halogens is 2. The van der Waals surface area contributed by atoms with Crippen LogP contribution in [0, 0.1) is 11.6 Å². The molecule has 0 fully saturated rings. The molecule has 7 heteroatoms. The first-order valence-electron chi connectivity index (χ1n) is 6.01. The molecule has 0 aromatic heterocycles. The third-order valence-electron chi connectivity index (χ3n) is 2.47. The number of benzene rings is 1. The van der Waals surface area contributed by atoms with Gasteiger partial charge in [-0.25, -0.2) is 8.78 Å². The van der Waals surface area contributed by atoms with Crippen LogP contribution in [0.15, 0.2) is 12.1 Å². The molecule has 110 valence electrons. The van der Waals surface area contributed by atoms with Gasteiger partial charge in [-0.15, -0.1) is 0 Å². The summed E-state index contributed by atoms with van der Waals surface area (Å²) in [4.78, 5) is 24.5. The number of nitrogens with zero attached hydrogens (tertiary/aromatic N) is 1. The monoisotopic (exact) mass is 285 g/mol. The Morgan fingerprint density at radius 1 is 1.35 bits per heavy atom. The fourth-order valence-electron chi connectivity index (χ4n) is 1.63. The van der Waals surface area contributed by atoms with Crippen molar-refractivity contribution in [2.24, 2.45) is 0 Å². The standard InChI is InChI=1S/C13H17F2N3O2/c1-7(2)17-11(19)6-18(3)13(20)9-4-8(14)5-10(16)12(9)15/h4-5,7H,6,16H2,1-3H3,(H,17,19). The van der Waals surface area contributed by atoms with Crippen LogP contribution >= 0.6 is 0 Å². The number of hydrogen-bond donors (Lipinski definition) is 2. The second-order valence-corrected chi connectivity index (χ2v) is 4.74. The molecule has 3 N–H and O–H groups in total. The van der Waals surface area contributed by atoms with Gasteiger partial charge in [0.1, 0.15) is 5.82 Å². The molecular formula is C13H17F2N3O2. The summed E-state index contributed by atoms with van der Waals surface area (Å²) in [5.74, 6) is -3.01. The lowest BCUT2D eigenvalue weighted by molar-refractivity contribution is -0.122. The minimum Gasteiger partial charge on any atom is -0.396 e. The Hall–Kier alpha value is -2.18. The van der Waals surface area contributed by atoms with Gasteiger partial charge in [0, 0.05) is 13.1 Å². The van der Waals surface area contributed by atoms with Crippen molar-refractivity contribution in [2.75, 3.05) is 19.3 Å². The molecule has 1 rings (SSSR count). The van der Waals surface area contributed by atoms with E-state index in [1.54, 1.807) is 13.8 Å². The van der Waals surface area contributed by atoms with Gasteiger partial charge < -0.3 is 16.0 Å². The summed E-state index contributed by atoms with van der Waals surface area (Å²) in [6, 6.07) is 1.47. The van der Waals surface area contributed by atoms with Crippen LogP contribution in [0.3, 0.4) is 0 Å². The van der Waals surface area contributed by atoms with Gasteiger partial charge in [0.2, 0.25) is 5.91 Å². The highest BCUT2D eigenvalue weighted by atomic mass is 19.1. The van der Waals surface area contributed by atoms with Gasteiger partial charge in [0.25, 0.3) is 5.91 Å². The van der Waals surface area contributed by atoms with Crippen LogP contribution in [0.1, 0.15) is 24.2 Å². The number of amides is 2. The number of nitrogen functional groups attached to an aromatic ring is 1. The Bertz CT molecular complexity index is 533. The summed E-state index contributed by atoms with van der Waals surface area (Å²) in [6.45, 7) is 3.28. The summed E-state index contributed by atoms with van der Waals surface area (Å²) in [5.41, 5.74) is 4.31. The normalized spacial score (nSPS) is 10.5. The Kier molecular flexibility index (Phi) is 5.01. The van der Waals surface area contributed by atoms with E-state index in [4.69, 9.17) is 5.73 Å². The largest absolute Gasteiger partial charge is 0.396 e. The number of hydrogen-bond acceptors (Lipinski definition) is 3. The van der Waals surface area contributed by atoms with Crippen LogP contribution < -0.4 is 11.1 Å². The Morgan fingerprint density at radius 3 is 2.50 bits per heavy atom. The number of likely N-dealkylation sites (N-methyl/N-ethyl adjacent to an activating group) is 1. The maximum absolute atomic E-state index is 13.7. The summed E-state index contributed by atoms with van der Waals surface area (Å²) >= 11 is 0. The van der Waals surface area contributed by atoms with E-state index < -0.39 is 28.8 Å². The van der Waals surface area contributed by atoms with Gasteiger partial charge in [-0.2, -0.15) is 0 Å². The molecule has 0 aliphatic rings. The molecule has 5 nitrogen and oxygen atoms in total. The second-order valence-electron chi connectivity index (χ2n) is 4.74. The predicted molar refractivity (Wildman–Crippen MR) is 71.0 cm³/mol. The van der Waals surface area contributed by atoms with E-state index in [0.29, 0.717) is 0 Å². The molecule has 0 aliphatic carbocycles. The van der Waals surface area contributed by atoms with Crippen molar-refractivity contribution < 1.29 is 18.4 Å². The Balaban J connectivity index is 2.87. The predicted octanol–water partition coefficient (Wildman–Crippen LogP) is 1.14. The highest BCUT2D eigenvalue weighted by Gasteiger charge is 2.21. The third kappa shape index (κ3) is 3.91. The van der Waals surface area contributed by atoms with Gasteiger partial charge in [-0.3, -0.25) is 9.59 Å². The zero-order chi connectivity index (χ0) is 15.4. The smallest absolute Gasteiger partial charge is 0.257 e. The fraction of sp³-hybridized carbons (Fsp3) is 0.385. The topological polar surface area (TPSA) is 75.4 Å². The molecule has 2 amide bonds. The lowest BCUT2D eigenvalue weighted by Gasteiger charge is -2.18. The molecule has 0 spiro atoms. The zero-order valence-corrected chi connectivity index (χ0v) is 11.5. The van der Waals surface area contributed by atoms with Crippen molar-refractivity contribution >= 4 is 17.5 Å². The maximum atomic E-state index is 13.7. The minimum atomic E-state index is -0.993. The molecule has 0 radical (unpaired) electrons. The number of carbonyl (C=O) groups excluding carboxylic acids is 2. The molecule has 0 atom stereocenters. The van der Waals surface area contributed by atoms with E-state index in [1.165, 1.54) is 7.05 Å². The third-order valence-corrected chi connectivity index (χ3v) is 2.47. The van der Waals surface area contributed by atoms with Crippen LogP contribution in [-0.2, 0) is 4.79 Å². The minimum absolute atomic E-state index is 0.0763. The molecule has 20 heavy (non-hydrogen) atoms. The Labute approximate surface area is 115 Å². The zero-order valence-electron chi connectivity index (χ0n) is 11.5. The average molecular weight is 285 g/mol. The molecule has 0 bridgehead atoms. The quantitative estimate of drug-likeness (QED) is 0.815. The summed E-state index contributed by atoms with van der Waals surface area (Å²) in [5, 5.41) is 2.59. The molecule has 0 aliphatic heterocycles. The molecule has 0 unspecified atom stereocenters. The number of nitrogens with two attached hydrogens (primary N) is 1. The van der Waals surface area contributed by atoms with E-state index >= 15 is 0 Å². The highest BCUT2D eigenvalue weighted by molar-refractivity contribution is 5.97. The molecule has 1 aromatic rings. The van der Waals surface area contributed by atoms with Crippen LogP contribution in [0.5, 0.6) is 0 Å². The van der Waals surface area contributed by atoms with Gasteiger partial charge in [0.15, 0.2) is 5.82 Å². The molecule has 1 aromatic carbocycles. The lowest BCUT2D eigenvalue weighted by atomic mass is 10.1. The first-order chi connectivity index (χ1) is 9.22. The van der Waals surface area contributed by atoms with E-state index in [1.807, 2.05) is 0 Å². The fourth-order valence-corrected chi connectivity index (χ4v) is 1.63. The number of carbonyl (C=O) groups is 2. The van der Waals surface area contributed by atoms with Crippen molar-refractivity contribution in [3.05, 3.63) is 29.3 Å². The Morgan fingerprint density at radius 2 is 1.95 bits per heavy atom. The summed E-state index contributed by atoms with van der Waals surface area (Å²) in [7, 11) is 1.32. The van der Waals surface area contributed by atoms with E-state index in [-0.39, 0.29) is 18.5 Å². The summed E-state index contributed by atoms with van der Waals surface area (Å²) < 4.78 is 26.9. The first kappa shape index (κ1) is 15.9. The summed E-state index contributed by atoms with van der Waals surface area (Å²) in [6.07, 6.45) is 0. The van der Waals surface area contributed by atoms with Gasteiger partial charge in [-0.05, 0) is 26.0 Å². The van der Waals surface area contributed by atoms with Gasteiger partial charge in [0.05, 0.1) is 17.8 Å². The maximum Gasteiger partial charge on any atom is 0.257 e. The molecule has 0 heterocycles. The average Bonchev–Trinajstić information content (AvgIpc) is 2.31. The second kappa shape index (κ2) is 6.31. The van der Waals surface area contributed by atoms with E-state index in [0.717, 1.165) is 17.0 Å². The molecule has 0 saturated carbocycles. The van der Waals surface area contributed by atoms with Gasteiger partial charge in [-0.1, -0.05) is 0 Å². The lowest BCUT2D eigenvalue weighted by Crippen LogP contribution is -2.41. The molecule has 0 saturated heterocycles. The first-order valence-corrected chi connectivity index (χ1v) is 6.01. The van der Waals surface area contributed by atoms with E-state index in [9.17, 15) is 18.4 Å². The SMILES string of the molecule is CC(C)NC(=O)CN(C)C(=O)c1cc(F)cc(N)c1F. The van der Waals surface area contributed by atoms with Crippen molar-refractivity contribution in [1.82, 2.24) is 10.2 Å². The van der Waals surface area contributed by atoms with Gasteiger partial charge >= 0.3 is 0 Å². The van der Waals surface area contributed by atoms with E-state index in [2.05, 4.69) is 5.32 Å². The molecular weight excluding hydrogens is 268 g/mol. The highest BCUT2D eigenvalue weighted by Crippen LogP contribution is 2.18. The van der Waals surface area contributed by atoms with Crippen molar-refractivity contribution in [2.45, 2.75) is 19.9 Å². The van der Waals surface area contributed by atoms with Crippen molar-refractivity contribution in [1.29, 1.82) is 0 Å². The van der Waals surface area contributed by atoms with Crippen molar-refractivity contribution in [3.63, 3.8) is 0 Å². The van der Waals surface area contributed by atoms with Crippen molar-refractivity contribution in [3.8, 4) is 0 Å². The van der Waals surface area contributed by atoms with Crippen LogP contribution in [0.25, 0.3) is 0 Å².